The van der Waals surface area contributed by atoms with E-state index in [0.717, 1.165) is 0 Å². The van der Waals surface area contributed by atoms with E-state index in [1.54, 1.807) is 12.1 Å². The first-order valence-corrected chi connectivity index (χ1v) is 8.09. The van der Waals surface area contributed by atoms with Crippen LogP contribution in [0.15, 0.2) is 50.4 Å². The Morgan fingerprint density at radius 3 is 2.63 bits per heavy atom. The topological polar surface area (TPSA) is 79.3 Å². The fourth-order valence-corrected chi connectivity index (χ4v) is 3.87. The summed E-state index contributed by atoms with van der Waals surface area (Å²) >= 11 is 6.39. The second-order valence-corrected chi connectivity index (χ2v) is 6.97. The van der Waals surface area contributed by atoms with Gasteiger partial charge in [0, 0.05) is 15.1 Å². The normalized spacial score (nSPS) is 11.3. The van der Waals surface area contributed by atoms with Gasteiger partial charge in [-0.2, -0.15) is 0 Å². The number of hydrogen-bond acceptors (Lipinski definition) is 4. The largest absolute Gasteiger partial charge is 0.504 e. The maximum atomic E-state index is 12.2. The quantitative estimate of drug-likeness (QED) is 0.819. The summed E-state index contributed by atoms with van der Waals surface area (Å²) in [6.07, 6.45) is 1.38. The summed E-state index contributed by atoms with van der Waals surface area (Å²) in [6.45, 7) is 0. The summed E-state index contributed by atoms with van der Waals surface area (Å²) < 4.78 is 27.7. The molecule has 8 heteroatoms. The van der Waals surface area contributed by atoms with Crippen molar-refractivity contribution in [3.8, 4) is 5.75 Å². The highest BCUT2D eigenvalue weighted by Crippen LogP contribution is 2.28. The van der Waals surface area contributed by atoms with E-state index >= 15 is 0 Å². The van der Waals surface area contributed by atoms with Crippen LogP contribution in [-0.2, 0) is 10.0 Å². The zero-order chi connectivity index (χ0) is 14.0. The molecule has 1 aromatic carbocycles. The first kappa shape index (κ1) is 14.3. The Kier molecular flexibility index (Phi) is 4.12. The number of aromatic hydroxyl groups is 1. The lowest BCUT2D eigenvalue weighted by Gasteiger charge is -2.10. The average molecular weight is 408 g/mol. The van der Waals surface area contributed by atoms with E-state index in [-0.39, 0.29) is 16.5 Å². The maximum absolute atomic E-state index is 12.2. The molecule has 0 amide bonds. The van der Waals surface area contributed by atoms with Crippen LogP contribution in [0.2, 0.25) is 0 Å². The molecule has 5 nitrogen and oxygen atoms in total. The van der Waals surface area contributed by atoms with Gasteiger partial charge in [0.1, 0.15) is 4.90 Å². The van der Waals surface area contributed by atoms with Crippen LogP contribution in [0.4, 0.5) is 5.82 Å². The van der Waals surface area contributed by atoms with Gasteiger partial charge in [-0.15, -0.1) is 0 Å². The van der Waals surface area contributed by atoms with Crippen LogP contribution in [0.5, 0.6) is 5.75 Å². The van der Waals surface area contributed by atoms with Crippen molar-refractivity contribution in [2.45, 2.75) is 4.90 Å². The monoisotopic (exact) mass is 406 g/mol. The highest BCUT2D eigenvalue weighted by Gasteiger charge is 2.20. The molecule has 1 heterocycles. The Hall–Kier alpha value is -1.12. The third-order valence-corrected chi connectivity index (χ3v) is 5.03. The molecule has 0 fully saturated rings. The summed E-state index contributed by atoms with van der Waals surface area (Å²) in [4.78, 5) is 3.82. The molecule has 0 unspecified atom stereocenters. The number of anilines is 1. The lowest BCUT2D eigenvalue weighted by atomic mass is 10.4. The number of aromatic nitrogens is 1. The molecule has 19 heavy (non-hydrogen) atoms. The van der Waals surface area contributed by atoms with Crippen LogP contribution in [-0.4, -0.2) is 18.5 Å². The average Bonchev–Trinajstić information content (AvgIpc) is 2.35. The first-order chi connectivity index (χ1) is 8.90. The van der Waals surface area contributed by atoms with Crippen LogP contribution >= 0.6 is 31.9 Å². The molecule has 2 N–H and O–H groups in total. The van der Waals surface area contributed by atoms with Gasteiger partial charge in [-0.25, -0.2) is 13.4 Å². The summed E-state index contributed by atoms with van der Waals surface area (Å²) in [5, 5.41) is 9.53. The van der Waals surface area contributed by atoms with Gasteiger partial charge in [-0.3, -0.25) is 4.72 Å². The molecule has 0 aliphatic heterocycles. The van der Waals surface area contributed by atoms with E-state index in [1.165, 1.54) is 24.4 Å². The highest BCUT2D eigenvalue weighted by molar-refractivity contribution is 9.11. The zero-order valence-electron chi connectivity index (χ0n) is 9.34. The molecule has 0 saturated carbocycles. The van der Waals surface area contributed by atoms with Gasteiger partial charge in [0.15, 0.2) is 11.6 Å². The third-order valence-electron chi connectivity index (χ3n) is 2.20. The smallest absolute Gasteiger partial charge is 0.264 e. The molecular formula is C11H8Br2N2O3S. The summed E-state index contributed by atoms with van der Waals surface area (Å²) in [7, 11) is -3.84. The first-order valence-electron chi connectivity index (χ1n) is 5.02. The Morgan fingerprint density at radius 1 is 1.21 bits per heavy atom. The number of halogens is 2. The number of nitrogens with one attached hydrogen (secondary N) is 1. The standard InChI is InChI=1S/C11H8Br2N2O3S/c12-7-3-4-8(13)10(6-7)19(17,18)15-11-9(16)2-1-5-14-11/h1-6,16H,(H,14,15). The molecule has 0 aliphatic carbocycles. The fraction of sp³-hybridized carbons (Fsp3) is 0. The van der Waals surface area contributed by atoms with E-state index in [4.69, 9.17) is 0 Å². The Balaban J connectivity index is 2.44. The molecule has 2 aromatic rings. The summed E-state index contributed by atoms with van der Waals surface area (Å²) in [5.41, 5.74) is 0. The molecule has 0 radical (unpaired) electrons. The zero-order valence-corrected chi connectivity index (χ0v) is 13.3. The van der Waals surface area contributed by atoms with Gasteiger partial charge in [0.25, 0.3) is 10.0 Å². The fourth-order valence-electron chi connectivity index (χ4n) is 1.34. The predicted octanol–water partition coefficient (Wildman–Crippen LogP) is 3.11. The molecule has 0 bridgehead atoms. The van der Waals surface area contributed by atoms with Crippen molar-refractivity contribution >= 4 is 47.7 Å². The summed E-state index contributed by atoms with van der Waals surface area (Å²) in [6, 6.07) is 7.62. The second kappa shape index (κ2) is 5.48. The van der Waals surface area contributed by atoms with Crippen molar-refractivity contribution in [2.75, 3.05) is 4.72 Å². The van der Waals surface area contributed by atoms with Gasteiger partial charge in [-0.05, 0) is 46.3 Å². The van der Waals surface area contributed by atoms with Crippen molar-refractivity contribution in [2.24, 2.45) is 0 Å². The number of sulfonamides is 1. The van der Waals surface area contributed by atoms with Gasteiger partial charge in [0.2, 0.25) is 0 Å². The minimum absolute atomic E-state index is 0.0481. The van der Waals surface area contributed by atoms with E-state index in [1.807, 2.05) is 0 Å². The van der Waals surface area contributed by atoms with Crippen molar-refractivity contribution in [3.63, 3.8) is 0 Å². The second-order valence-electron chi connectivity index (χ2n) is 3.55. The van der Waals surface area contributed by atoms with Gasteiger partial charge in [0.05, 0.1) is 0 Å². The number of pyridine rings is 1. The number of hydrogen-bond donors (Lipinski definition) is 2. The van der Waals surface area contributed by atoms with Crippen molar-refractivity contribution in [1.29, 1.82) is 0 Å². The number of benzene rings is 1. The van der Waals surface area contributed by atoms with Crippen molar-refractivity contribution < 1.29 is 13.5 Å². The van der Waals surface area contributed by atoms with E-state index < -0.39 is 10.0 Å². The van der Waals surface area contributed by atoms with Crippen LogP contribution in [0.25, 0.3) is 0 Å². The number of rotatable bonds is 3. The minimum atomic E-state index is -3.84. The van der Waals surface area contributed by atoms with Gasteiger partial charge >= 0.3 is 0 Å². The van der Waals surface area contributed by atoms with Crippen LogP contribution in [0, 0.1) is 0 Å². The predicted molar refractivity (Wildman–Crippen MR) is 78.6 cm³/mol. The van der Waals surface area contributed by atoms with Crippen LogP contribution < -0.4 is 4.72 Å². The molecule has 0 saturated heterocycles. The SMILES string of the molecule is O=S(=O)(Nc1ncccc1O)c1cc(Br)ccc1Br. The third kappa shape index (κ3) is 3.26. The van der Waals surface area contributed by atoms with Crippen LogP contribution in [0.3, 0.4) is 0 Å². The Labute approximate surface area is 127 Å². The summed E-state index contributed by atoms with van der Waals surface area (Å²) in [5.74, 6) is -0.355. The minimum Gasteiger partial charge on any atom is -0.504 e. The molecule has 1 aromatic heterocycles. The molecule has 100 valence electrons. The van der Waals surface area contributed by atoms with Gasteiger partial charge in [-0.1, -0.05) is 15.9 Å². The maximum Gasteiger partial charge on any atom is 0.264 e. The van der Waals surface area contributed by atoms with Crippen LogP contribution in [0.1, 0.15) is 0 Å². The van der Waals surface area contributed by atoms with Crippen molar-refractivity contribution in [1.82, 2.24) is 4.98 Å². The lowest BCUT2D eigenvalue weighted by molar-refractivity contribution is 0.475. The molecule has 0 atom stereocenters. The van der Waals surface area contributed by atoms with Gasteiger partial charge < -0.3 is 5.11 Å². The Morgan fingerprint density at radius 2 is 1.95 bits per heavy atom. The van der Waals surface area contributed by atoms with E-state index in [9.17, 15) is 13.5 Å². The highest BCUT2D eigenvalue weighted by atomic mass is 79.9. The molecule has 0 spiro atoms. The van der Waals surface area contributed by atoms with E-state index in [2.05, 4.69) is 41.6 Å². The van der Waals surface area contributed by atoms with E-state index in [0.29, 0.717) is 8.95 Å². The molecular weight excluding hydrogens is 400 g/mol. The van der Waals surface area contributed by atoms with Crippen molar-refractivity contribution in [3.05, 3.63) is 45.5 Å². The molecule has 0 aliphatic rings. The lowest BCUT2D eigenvalue weighted by Crippen LogP contribution is -2.14. The number of nitrogens with zero attached hydrogens (tertiary/aromatic N) is 1. The Bertz CT molecular complexity index is 720. The molecule has 2 rings (SSSR count).